The Morgan fingerprint density at radius 3 is 1.45 bits per heavy atom. The zero-order chi connectivity index (χ0) is 17.8. The van der Waals surface area contributed by atoms with Gasteiger partial charge in [-0.15, -0.1) is 0 Å². The van der Waals surface area contributed by atoms with E-state index < -0.39 is 0 Å². The first-order valence-corrected chi connectivity index (χ1v) is 9.66. The predicted octanol–water partition coefficient (Wildman–Crippen LogP) is 5.83. The quantitative estimate of drug-likeness (QED) is 0.362. The molecule has 0 aromatic rings. The molecule has 0 aliphatic heterocycles. The van der Waals surface area contributed by atoms with Crippen molar-refractivity contribution < 1.29 is 9.53 Å². The fourth-order valence-corrected chi connectivity index (χ4v) is 5.19. The van der Waals surface area contributed by atoms with Crippen LogP contribution < -0.4 is 0 Å². The molecule has 0 N–H and O–H groups in total. The molecule has 3 heteroatoms. The molecule has 0 rings (SSSR count). The number of rotatable bonds is 8. The van der Waals surface area contributed by atoms with Crippen molar-refractivity contribution in [2.24, 2.45) is 40.9 Å². The van der Waals surface area contributed by atoms with Crippen molar-refractivity contribution in [1.82, 2.24) is 0 Å². The molecule has 0 amide bonds. The second kappa shape index (κ2) is 9.00. The Balaban J connectivity index is 5.99. The van der Waals surface area contributed by atoms with Crippen molar-refractivity contribution in [2.45, 2.75) is 68.4 Å². The van der Waals surface area contributed by atoms with Crippen LogP contribution in [0.5, 0.6) is 0 Å². The molecule has 0 fully saturated rings. The van der Waals surface area contributed by atoms with Crippen LogP contribution in [0.1, 0.15) is 62.3 Å². The van der Waals surface area contributed by atoms with Gasteiger partial charge in [0.2, 0.25) is 3.79 Å². The maximum absolute atomic E-state index is 12.2. The summed E-state index contributed by atoms with van der Waals surface area (Å²) in [6.07, 6.45) is -0.309. The van der Waals surface area contributed by atoms with Gasteiger partial charge in [0, 0.05) is 29.7 Å². The Bertz CT molecular complexity index is 342. The van der Waals surface area contributed by atoms with Gasteiger partial charge in [-0.1, -0.05) is 62.3 Å². The highest BCUT2D eigenvalue weighted by molar-refractivity contribution is 14.1. The molecular weight excluding hydrogens is 387 g/mol. The third-order valence-electron chi connectivity index (χ3n) is 4.94. The molecule has 0 saturated carbocycles. The van der Waals surface area contributed by atoms with Crippen LogP contribution in [0.4, 0.5) is 0 Å². The summed E-state index contributed by atoms with van der Waals surface area (Å²) in [5.41, 5.74) is 0.211. The Morgan fingerprint density at radius 2 is 1.27 bits per heavy atom. The first kappa shape index (κ1) is 22.4. The molecule has 0 heterocycles. The number of hydrogen-bond acceptors (Lipinski definition) is 2. The summed E-state index contributed by atoms with van der Waals surface area (Å²) in [5, 5.41) is 0. The smallest absolute Gasteiger partial charge is 0.221 e. The molecule has 132 valence electrons. The van der Waals surface area contributed by atoms with E-state index >= 15 is 0 Å². The predicted molar refractivity (Wildman–Crippen MR) is 104 cm³/mol. The fourth-order valence-electron chi connectivity index (χ4n) is 4.52. The number of hydrogen-bond donors (Lipinski definition) is 0. The molecule has 2 nitrogen and oxygen atoms in total. The minimum absolute atomic E-state index is 0.126. The van der Waals surface area contributed by atoms with Crippen molar-refractivity contribution >= 4 is 26.4 Å². The van der Waals surface area contributed by atoms with Crippen LogP contribution in [-0.4, -0.2) is 17.0 Å². The van der Waals surface area contributed by atoms with E-state index in [2.05, 4.69) is 62.3 Å². The topological polar surface area (TPSA) is 26.3 Å². The molecule has 0 aromatic carbocycles. The van der Waals surface area contributed by atoms with E-state index in [4.69, 9.17) is 4.74 Å². The monoisotopic (exact) mass is 424 g/mol. The van der Waals surface area contributed by atoms with Crippen LogP contribution >= 0.6 is 22.6 Å². The van der Waals surface area contributed by atoms with E-state index in [0.29, 0.717) is 29.6 Å². The molecule has 0 spiro atoms. The summed E-state index contributed by atoms with van der Waals surface area (Å²) < 4.78 is 5.78. The second-order valence-electron chi connectivity index (χ2n) is 8.74. The molecule has 0 radical (unpaired) electrons. The molecule has 0 aliphatic carbocycles. The van der Waals surface area contributed by atoms with E-state index in [9.17, 15) is 4.79 Å². The van der Waals surface area contributed by atoms with E-state index in [1.54, 1.807) is 7.11 Å². The van der Waals surface area contributed by atoms with Crippen molar-refractivity contribution in [3.63, 3.8) is 0 Å². The van der Waals surface area contributed by atoms with E-state index in [1.165, 1.54) is 0 Å². The van der Waals surface area contributed by atoms with Gasteiger partial charge in [0.1, 0.15) is 6.10 Å². The minimum Gasteiger partial charge on any atom is -0.372 e. The van der Waals surface area contributed by atoms with Crippen molar-refractivity contribution in [3.05, 3.63) is 0 Å². The maximum Gasteiger partial charge on any atom is 0.221 e. The highest BCUT2D eigenvalue weighted by Crippen LogP contribution is 2.47. The first-order chi connectivity index (χ1) is 9.86. The van der Waals surface area contributed by atoms with E-state index in [0.717, 1.165) is 0 Å². The van der Waals surface area contributed by atoms with Gasteiger partial charge in [0.05, 0.1) is 0 Å². The summed E-state index contributed by atoms with van der Waals surface area (Å²) >= 11 is 1.91. The van der Waals surface area contributed by atoms with Gasteiger partial charge in [-0.3, -0.25) is 4.79 Å². The zero-order valence-corrected chi connectivity index (χ0v) is 18.4. The van der Waals surface area contributed by atoms with Crippen LogP contribution in [0.2, 0.25) is 0 Å². The molecule has 4 unspecified atom stereocenters. The van der Waals surface area contributed by atoms with Gasteiger partial charge in [0.25, 0.3) is 0 Å². The second-order valence-corrected chi connectivity index (χ2v) is 9.80. The normalized spacial score (nSPS) is 18.6. The van der Waals surface area contributed by atoms with Crippen molar-refractivity contribution in [3.8, 4) is 0 Å². The van der Waals surface area contributed by atoms with E-state index in [-0.39, 0.29) is 21.2 Å². The lowest BCUT2D eigenvalue weighted by atomic mass is 9.58. The van der Waals surface area contributed by atoms with Crippen LogP contribution in [0.25, 0.3) is 0 Å². The van der Waals surface area contributed by atoms with Gasteiger partial charge in [0.15, 0.2) is 0 Å². The van der Waals surface area contributed by atoms with Gasteiger partial charge >= 0.3 is 0 Å². The van der Waals surface area contributed by atoms with E-state index in [1.807, 2.05) is 22.6 Å². The highest BCUT2D eigenvalue weighted by atomic mass is 127. The highest BCUT2D eigenvalue weighted by Gasteiger charge is 2.45. The Kier molecular flexibility index (Phi) is 9.15. The standard InChI is InChI=1S/C19H37IO2/c1-11(2)14(16(13(5)6)19(7,8)9)15(12(3)4)17(22-10)18(20)21/h11-17H,1-10H3. The average Bonchev–Trinajstić information content (AvgIpc) is 2.29. The van der Waals surface area contributed by atoms with Gasteiger partial charge in [-0.2, -0.15) is 0 Å². The molecular formula is C19H37IO2. The Hall–Kier alpha value is 0.360. The van der Waals surface area contributed by atoms with Crippen molar-refractivity contribution in [2.75, 3.05) is 7.11 Å². The van der Waals surface area contributed by atoms with Crippen LogP contribution in [0.3, 0.4) is 0 Å². The summed E-state index contributed by atoms with van der Waals surface area (Å²) in [4.78, 5) is 12.2. The molecule has 0 saturated heterocycles. The first-order valence-electron chi connectivity index (χ1n) is 8.58. The summed E-state index contributed by atoms with van der Waals surface area (Å²) in [6, 6.07) is 0. The Labute approximate surface area is 152 Å². The van der Waals surface area contributed by atoms with Gasteiger partial charge in [-0.05, 0) is 40.9 Å². The third-order valence-corrected chi connectivity index (χ3v) is 5.56. The minimum atomic E-state index is -0.309. The lowest BCUT2D eigenvalue weighted by Gasteiger charge is -2.48. The van der Waals surface area contributed by atoms with Gasteiger partial charge in [-0.25, -0.2) is 0 Å². The summed E-state index contributed by atoms with van der Waals surface area (Å²) in [7, 11) is 1.68. The zero-order valence-electron chi connectivity index (χ0n) is 16.2. The maximum atomic E-state index is 12.2. The number of carbonyl (C=O) groups is 1. The SMILES string of the molecule is COC(C(=O)I)C(C(C)C)C(C(C)C)C(C(C)C)C(C)(C)C. The van der Waals surface area contributed by atoms with Crippen LogP contribution in [0, 0.1) is 40.9 Å². The lowest BCUT2D eigenvalue weighted by molar-refractivity contribution is -0.128. The number of ether oxygens (including phenoxy) is 1. The largest absolute Gasteiger partial charge is 0.372 e. The molecule has 0 aromatic heterocycles. The number of halogens is 1. The Morgan fingerprint density at radius 1 is 0.864 bits per heavy atom. The third kappa shape index (κ3) is 5.77. The molecule has 22 heavy (non-hydrogen) atoms. The molecule has 0 aliphatic rings. The summed E-state index contributed by atoms with van der Waals surface area (Å²) in [5.74, 6) is 2.78. The average molecular weight is 424 g/mol. The van der Waals surface area contributed by atoms with Crippen molar-refractivity contribution in [1.29, 1.82) is 0 Å². The number of carbonyl (C=O) groups excluding carboxylic acids is 1. The number of methoxy groups -OCH3 is 1. The van der Waals surface area contributed by atoms with Crippen LogP contribution in [-0.2, 0) is 9.53 Å². The molecule has 0 bridgehead atoms. The lowest BCUT2D eigenvalue weighted by Crippen LogP contribution is -2.47. The van der Waals surface area contributed by atoms with Crippen LogP contribution in [0.15, 0.2) is 0 Å². The summed E-state index contributed by atoms with van der Waals surface area (Å²) in [6.45, 7) is 20.7. The molecule has 4 atom stereocenters. The fraction of sp³-hybridized carbons (Fsp3) is 0.947. The van der Waals surface area contributed by atoms with Gasteiger partial charge < -0.3 is 4.74 Å².